The quantitative estimate of drug-likeness (QED) is 0.871. The molecule has 1 atom stereocenters. The summed E-state index contributed by atoms with van der Waals surface area (Å²) in [6.07, 6.45) is 3.79. The zero-order chi connectivity index (χ0) is 13.9. The Balaban J connectivity index is 2.01. The minimum Gasteiger partial charge on any atom is -0.489 e. The maximum atomic E-state index is 10.2. The topological polar surface area (TPSA) is 41.5 Å². The van der Waals surface area contributed by atoms with Gasteiger partial charge in [-0.25, -0.2) is 0 Å². The van der Waals surface area contributed by atoms with Crippen molar-refractivity contribution in [3.63, 3.8) is 0 Å². The molecule has 4 heteroatoms. The first-order chi connectivity index (χ1) is 9.04. The zero-order valence-electron chi connectivity index (χ0n) is 11.6. The normalized spacial score (nSPS) is 19.4. The fraction of sp³-hybridized carbons (Fsp3) is 0.600. The van der Waals surface area contributed by atoms with E-state index in [0.717, 1.165) is 31.2 Å². The van der Waals surface area contributed by atoms with Crippen molar-refractivity contribution < 1.29 is 9.84 Å². The summed E-state index contributed by atoms with van der Waals surface area (Å²) in [4.78, 5) is 0. The number of halogens is 1. The third-order valence-electron chi connectivity index (χ3n) is 3.92. The summed E-state index contributed by atoms with van der Waals surface area (Å²) in [6.45, 7) is 2.40. The van der Waals surface area contributed by atoms with Gasteiger partial charge in [-0.15, -0.1) is 0 Å². The van der Waals surface area contributed by atoms with Crippen molar-refractivity contribution in [1.82, 2.24) is 5.32 Å². The van der Waals surface area contributed by atoms with E-state index in [9.17, 15) is 5.11 Å². The SMILES string of the molecule is CNC(C)c1ccc(OCC2(O)CCCC2)c(Cl)c1. The van der Waals surface area contributed by atoms with Crippen molar-refractivity contribution in [3.8, 4) is 5.75 Å². The van der Waals surface area contributed by atoms with E-state index in [4.69, 9.17) is 16.3 Å². The summed E-state index contributed by atoms with van der Waals surface area (Å²) < 4.78 is 5.69. The molecule has 0 bridgehead atoms. The van der Waals surface area contributed by atoms with E-state index in [0.29, 0.717) is 17.4 Å². The Kier molecular flexibility index (Phi) is 4.71. The molecule has 0 spiro atoms. The van der Waals surface area contributed by atoms with Gasteiger partial charge in [0.1, 0.15) is 12.4 Å². The Morgan fingerprint density at radius 2 is 2.11 bits per heavy atom. The average Bonchev–Trinajstić information content (AvgIpc) is 2.83. The Morgan fingerprint density at radius 1 is 1.42 bits per heavy atom. The summed E-state index contributed by atoms with van der Waals surface area (Å²) in [7, 11) is 1.92. The lowest BCUT2D eigenvalue weighted by Gasteiger charge is -2.23. The fourth-order valence-electron chi connectivity index (χ4n) is 2.46. The lowest BCUT2D eigenvalue weighted by Crippen LogP contribution is -2.32. The van der Waals surface area contributed by atoms with Crippen LogP contribution in [0.2, 0.25) is 5.02 Å². The molecule has 1 fully saturated rings. The first-order valence-corrected chi connectivity index (χ1v) is 7.24. The molecular formula is C15H22ClNO2. The lowest BCUT2D eigenvalue weighted by molar-refractivity contribution is 0.00144. The minimum atomic E-state index is -0.666. The van der Waals surface area contributed by atoms with Gasteiger partial charge in [0.05, 0.1) is 10.6 Å². The van der Waals surface area contributed by atoms with Crippen LogP contribution in [0.1, 0.15) is 44.2 Å². The van der Waals surface area contributed by atoms with Crippen LogP contribution in [-0.2, 0) is 0 Å². The molecule has 0 amide bonds. The number of hydrogen-bond donors (Lipinski definition) is 2. The highest BCUT2D eigenvalue weighted by molar-refractivity contribution is 6.32. The van der Waals surface area contributed by atoms with Crippen LogP contribution >= 0.6 is 11.6 Å². The second kappa shape index (κ2) is 6.12. The summed E-state index contributed by atoms with van der Waals surface area (Å²) >= 11 is 6.23. The number of hydrogen-bond acceptors (Lipinski definition) is 3. The molecule has 1 saturated carbocycles. The van der Waals surface area contributed by atoms with Gasteiger partial charge in [-0.1, -0.05) is 30.5 Å². The molecule has 1 unspecified atom stereocenters. The number of rotatable bonds is 5. The largest absolute Gasteiger partial charge is 0.489 e. The van der Waals surface area contributed by atoms with Crippen molar-refractivity contribution >= 4 is 11.6 Å². The number of nitrogens with one attached hydrogen (secondary N) is 1. The van der Waals surface area contributed by atoms with Crippen molar-refractivity contribution in [3.05, 3.63) is 28.8 Å². The van der Waals surface area contributed by atoms with Crippen LogP contribution in [0.15, 0.2) is 18.2 Å². The molecule has 0 radical (unpaired) electrons. The zero-order valence-corrected chi connectivity index (χ0v) is 12.3. The summed E-state index contributed by atoms with van der Waals surface area (Å²) in [5.74, 6) is 0.647. The highest BCUT2D eigenvalue weighted by atomic mass is 35.5. The van der Waals surface area contributed by atoms with E-state index < -0.39 is 5.60 Å². The van der Waals surface area contributed by atoms with E-state index >= 15 is 0 Å². The highest BCUT2D eigenvalue weighted by Gasteiger charge is 2.32. The Morgan fingerprint density at radius 3 is 2.68 bits per heavy atom. The predicted molar refractivity (Wildman–Crippen MR) is 77.8 cm³/mol. The molecule has 19 heavy (non-hydrogen) atoms. The van der Waals surface area contributed by atoms with Crippen LogP contribution in [0, 0.1) is 0 Å². The molecule has 3 nitrogen and oxygen atoms in total. The molecule has 0 saturated heterocycles. The van der Waals surface area contributed by atoms with Crippen LogP contribution in [-0.4, -0.2) is 24.4 Å². The highest BCUT2D eigenvalue weighted by Crippen LogP contribution is 2.32. The van der Waals surface area contributed by atoms with Crippen LogP contribution < -0.4 is 10.1 Å². The van der Waals surface area contributed by atoms with Gasteiger partial charge in [0.25, 0.3) is 0 Å². The molecule has 2 rings (SSSR count). The van der Waals surface area contributed by atoms with Crippen molar-refractivity contribution in [2.24, 2.45) is 0 Å². The minimum absolute atomic E-state index is 0.255. The van der Waals surface area contributed by atoms with Crippen molar-refractivity contribution in [1.29, 1.82) is 0 Å². The van der Waals surface area contributed by atoms with Gasteiger partial charge in [-0.3, -0.25) is 0 Å². The van der Waals surface area contributed by atoms with Gasteiger partial charge in [0, 0.05) is 6.04 Å². The van der Waals surface area contributed by atoms with E-state index in [-0.39, 0.29) is 6.04 Å². The lowest BCUT2D eigenvalue weighted by atomic mass is 10.0. The molecule has 1 aromatic rings. The van der Waals surface area contributed by atoms with E-state index in [1.54, 1.807) is 0 Å². The first kappa shape index (κ1) is 14.6. The maximum Gasteiger partial charge on any atom is 0.138 e. The molecule has 0 heterocycles. The van der Waals surface area contributed by atoms with E-state index in [2.05, 4.69) is 12.2 Å². The van der Waals surface area contributed by atoms with Gasteiger partial charge in [-0.05, 0) is 44.5 Å². The van der Waals surface area contributed by atoms with Gasteiger partial charge in [0.15, 0.2) is 0 Å². The molecule has 0 aromatic heterocycles. The number of aliphatic hydroxyl groups is 1. The van der Waals surface area contributed by atoms with Crippen molar-refractivity contribution in [2.45, 2.75) is 44.2 Å². The monoisotopic (exact) mass is 283 g/mol. The first-order valence-electron chi connectivity index (χ1n) is 6.86. The van der Waals surface area contributed by atoms with Crippen LogP contribution in [0.5, 0.6) is 5.75 Å². The second-order valence-electron chi connectivity index (χ2n) is 5.42. The Bertz CT molecular complexity index is 430. The predicted octanol–water partition coefficient (Wildman–Crippen LogP) is 3.30. The van der Waals surface area contributed by atoms with Gasteiger partial charge < -0.3 is 15.2 Å². The van der Waals surface area contributed by atoms with E-state index in [1.165, 1.54) is 0 Å². The summed E-state index contributed by atoms with van der Waals surface area (Å²) in [6, 6.07) is 6.05. The Labute approximate surface area is 119 Å². The molecular weight excluding hydrogens is 262 g/mol. The van der Waals surface area contributed by atoms with Crippen LogP contribution in [0.25, 0.3) is 0 Å². The molecule has 106 valence electrons. The summed E-state index contributed by atoms with van der Waals surface area (Å²) in [5.41, 5.74) is 0.458. The van der Waals surface area contributed by atoms with Gasteiger partial charge in [0.2, 0.25) is 0 Å². The summed E-state index contributed by atoms with van der Waals surface area (Å²) in [5, 5.41) is 14.0. The number of benzene rings is 1. The molecule has 1 aromatic carbocycles. The molecule has 1 aliphatic carbocycles. The Hall–Kier alpha value is -0.770. The fourth-order valence-corrected chi connectivity index (χ4v) is 2.70. The number of ether oxygens (including phenoxy) is 1. The maximum absolute atomic E-state index is 10.2. The second-order valence-corrected chi connectivity index (χ2v) is 5.83. The molecule has 1 aliphatic rings. The third kappa shape index (κ3) is 3.62. The standard InChI is InChI=1S/C15H22ClNO2/c1-11(17-2)12-5-6-14(13(16)9-12)19-10-15(18)7-3-4-8-15/h5-6,9,11,17-18H,3-4,7-8,10H2,1-2H3. The molecule has 2 N–H and O–H groups in total. The van der Waals surface area contributed by atoms with Crippen LogP contribution in [0.3, 0.4) is 0 Å². The van der Waals surface area contributed by atoms with Gasteiger partial charge >= 0.3 is 0 Å². The van der Waals surface area contributed by atoms with Gasteiger partial charge in [-0.2, -0.15) is 0 Å². The van der Waals surface area contributed by atoms with E-state index in [1.807, 2.05) is 25.2 Å². The molecule has 0 aliphatic heterocycles. The third-order valence-corrected chi connectivity index (χ3v) is 4.21. The van der Waals surface area contributed by atoms with Crippen molar-refractivity contribution in [2.75, 3.05) is 13.7 Å². The smallest absolute Gasteiger partial charge is 0.138 e. The van der Waals surface area contributed by atoms with Crippen LogP contribution in [0.4, 0.5) is 0 Å². The average molecular weight is 284 g/mol.